The van der Waals surface area contributed by atoms with Crippen LogP contribution in [-0.2, 0) is 9.59 Å². The van der Waals surface area contributed by atoms with Crippen molar-refractivity contribution in [2.75, 3.05) is 10.6 Å². The van der Waals surface area contributed by atoms with Gasteiger partial charge in [-0.05, 0) is 43.0 Å². The van der Waals surface area contributed by atoms with E-state index in [0.29, 0.717) is 12.3 Å². The zero-order valence-electron chi connectivity index (χ0n) is 13.5. The molecule has 1 aromatic carbocycles. The van der Waals surface area contributed by atoms with Crippen LogP contribution in [0, 0.1) is 11.8 Å². The largest absolute Gasteiger partial charge is 0.326 e. The molecule has 1 aromatic rings. The molecule has 0 aliphatic heterocycles. The number of hydrogen-bond acceptors (Lipinski definition) is 2. The van der Waals surface area contributed by atoms with Crippen molar-refractivity contribution in [3.8, 4) is 0 Å². The topological polar surface area (TPSA) is 58.2 Å². The minimum Gasteiger partial charge on any atom is -0.326 e. The zero-order valence-corrected chi connectivity index (χ0v) is 13.5. The Morgan fingerprint density at radius 3 is 2.09 bits per heavy atom. The van der Waals surface area contributed by atoms with Gasteiger partial charge in [-0.15, -0.1) is 0 Å². The molecule has 2 N–H and O–H groups in total. The van der Waals surface area contributed by atoms with Gasteiger partial charge >= 0.3 is 0 Å². The van der Waals surface area contributed by atoms with Crippen LogP contribution in [0.2, 0.25) is 0 Å². The maximum absolute atomic E-state index is 12.1. The molecular formula is C18H26N2O2. The lowest BCUT2D eigenvalue weighted by molar-refractivity contribution is -0.119. The fraction of sp³-hybridized carbons (Fsp3) is 0.556. The molecule has 22 heavy (non-hydrogen) atoms. The second kappa shape index (κ2) is 7.97. The van der Waals surface area contributed by atoms with E-state index in [9.17, 15) is 9.59 Å². The average molecular weight is 302 g/mol. The third-order valence-corrected chi connectivity index (χ3v) is 4.16. The van der Waals surface area contributed by atoms with Crippen LogP contribution in [0.4, 0.5) is 11.4 Å². The third-order valence-electron chi connectivity index (χ3n) is 4.16. The molecular weight excluding hydrogens is 276 g/mol. The highest BCUT2D eigenvalue weighted by Gasteiger charge is 2.17. The molecule has 0 spiro atoms. The average Bonchev–Trinajstić information content (AvgIpc) is 2.50. The smallest absolute Gasteiger partial charge is 0.226 e. The summed E-state index contributed by atoms with van der Waals surface area (Å²) in [6.07, 6.45) is 6.78. The van der Waals surface area contributed by atoms with Gasteiger partial charge in [-0.3, -0.25) is 9.59 Å². The van der Waals surface area contributed by atoms with Crippen LogP contribution >= 0.6 is 0 Å². The number of rotatable bonds is 5. The summed E-state index contributed by atoms with van der Waals surface area (Å²) in [5.74, 6) is 0.577. The fourth-order valence-corrected chi connectivity index (χ4v) is 2.79. The van der Waals surface area contributed by atoms with Gasteiger partial charge in [0.25, 0.3) is 0 Å². The van der Waals surface area contributed by atoms with Crippen LogP contribution < -0.4 is 10.6 Å². The first-order valence-corrected chi connectivity index (χ1v) is 8.25. The molecule has 1 saturated carbocycles. The highest BCUT2D eigenvalue weighted by molar-refractivity contribution is 5.93. The van der Waals surface area contributed by atoms with Crippen LogP contribution in [0.1, 0.15) is 52.4 Å². The Labute approximate surface area is 132 Å². The highest BCUT2D eigenvalue weighted by Crippen LogP contribution is 2.26. The van der Waals surface area contributed by atoms with Crippen LogP contribution in [0.3, 0.4) is 0 Å². The lowest BCUT2D eigenvalue weighted by atomic mass is 9.87. The number of carbonyl (C=O) groups excluding carboxylic acids is 2. The summed E-state index contributed by atoms with van der Waals surface area (Å²) < 4.78 is 0. The van der Waals surface area contributed by atoms with Gasteiger partial charge in [0.2, 0.25) is 11.8 Å². The molecule has 0 aromatic heterocycles. The van der Waals surface area contributed by atoms with E-state index in [1.54, 1.807) is 0 Å². The monoisotopic (exact) mass is 302 g/mol. The summed E-state index contributed by atoms with van der Waals surface area (Å²) in [7, 11) is 0. The Kier molecular flexibility index (Phi) is 5.99. The molecule has 0 bridgehead atoms. The van der Waals surface area contributed by atoms with E-state index >= 15 is 0 Å². The van der Waals surface area contributed by atoms with Gasteiger partial charge in [-0.1, -0.05) is 33.1 Å². The Hall–Kier alpha value is -1.84. The Morgan fingerprint density at radius 1 is 1.00 bits per heavy atom. The zero-order chi connectivity index (χ0) is 15.9. The molecule has 1 fully saturated rings. The second-order valence-corrected chi connectivity index (χ2v) is 6.48. The van der Waals surface area contributed by atoms with E-state index in [1.165, 1.54) is 32.1 Å². The lowest BCUT2D eigenvalue weighted by Gasteiger charge is -2.20. The predicted molar refractivity (Wildman–Crippen MR) is 89.7 cm³/mol. The standard InChI is InChI=1S/C18H26N2O2/c1-13(2)18(22)20-16-10-8-15(9-11-16)19-17(21)12-14-6-4-3-5-7-14/h8-11,13-14H,3-7,12H2,1-2H3,(H,19,21)(H,20,22). The number of amides is 2. The molecule has 2 amide bonds. The Morgan fingerprint density at radius 2 is 1.55 bits per heavy atom. The molecule has 0 atom stereocenters. The van der Waals surface area contributed by atoms with E-state index in [1.807, 2.05) is 38.1 Å². The third kappa shape index (κ3) is 5.17. The second-order valence-electron chi connectivity index (χ2n) is 6.48. The van der Waals surface area contributed by atoms with Gasteiger partial charge < -0.3 is 10.6 Å². The van der Waals surface area contributed by atoms with Crippen molar-refractivity contribution >= 4 is 23.2 Å². The number of hydrogen-bond donors (Lipinski definition) is 2. The maximum Gasteiger partial charge on any atom is 0.226 e. The molecule has 0 unspecified atom stereocenters. The molecule has 120 valence electrons. The first kappa shape index (κ1) is 16.5. The van der Waals surface area contributed by atoms with Crippen LogP contribution in [0.25, 0.3) is 0 Å². The summed E-state index contributed by atoms with van der Waals surface area (Å²) >= 11 is 0. The SMILES string of the molecule is CC(C)C(=O)Nc1ccc(NC(=O)CC2CCCCC2)cc1. The summed E-state index contributed by atoms with van der Waals surface area (Å²) in [4.78, 5) is 23.7. The quantitative estimate of drug-likeness (QED) is 0.856. The normalized spacial score (nSPS) is 15.6. The van der Waals surface area contributed by atoms with Crippen LogP contribution in [-0.4, -0.2) is 11.8 Å². The molecule has 0 saturated heterocycles. The number of anilines is 2. The van der Waals surface area contributed by atoms with Crippen molar-refractivity contribution in [3.63, 3.8) is 0 Å². The molecule has 0 radical (unpaired) electrons. The minimum absolute atomic E-state index is 0.00548. The highest BCUT2D eigenvalue weighted by atomic mass is 16.2. The lowest BCUT2D eigenvalue weighted by Crippen LogP contribution is -2.19. The molecule has 0 heterocycles. The van der Waals surface area contributed by atoms with Gasteiger partial charge in [0.05, 0.1) is 0 Å². The number of nitrogens with one attached hydrogen (secondary N) is 2. The van der Waals surface area contributed by atoms with E-state index in [2.05, 4.69) is 10.6 Å². The van der Waals surface area contributed by atoms with Crippen molar-refractivity contribution < 1.29 is 9.59 Å². The van der Waals surface area contributed by atoms with Crippen molar-refractivity contribution in [1.29, 1.82) is 0 Å². The van der Waals surface area contributed by atoms with Gasteiger partial charge in [0, 0.05) is 23.7 Å². The number of carbonyl (C=O) groups is 2. The Bertz CT molecular complexity index is 502. The first-order chi connectivity index (χ1) is 10.5. The van der Waals surface area contributed by atoms with E-state index in [4.69, 9.17) is 0 Å². The molecule has 4 nitrogen and oxygen atoms in total. The van der Waals surface area contributed by atoms with Crippen LogP contribution in [0.15, 0.2) is 24.3 Å². The van der Waals surface area contributed by atoms with Crippen LogP contribution in [0.5, 0.6) is 0 Å². The van der Waals surface area contributed by atoms with Crippen molar-refractivity contribution in [2.45, 2.75) is 52.4 Å². The van der Waals surface area contributed by atoms with Crippen molar-refractivity contribution in [1.82, 2.24) is 0 Å². The summed E-state index contributed by atoms with van der Waals surface area (Å²) in [5, 5.41) is 5.78. The molecule has 1 aliphatic carbocycles. The summed E-state index contributed by atoms with van der Waals surface area (Å²) in [6.45, 7) is 3.71. The summed E-state index contributed by atoms with van der Waals surface area (Å²) in [5.41, 5.74) is 1.53. The fourth-order valence-electron chi connectivity index (χ4n) is 2.79. The summed E-state index contributed by atoms with van der Waals surface area (Å²) in [6, 6.07) is 7.29. The minimum atomic E-state index is -0.0464. The maximum atomic E-state index is 12.1. The molecule has 4 heteroatoms. The molecule has 2 rings (SSSR count). The van der Waals surface area contributed by atoms with Crippen molar-refractivity contribution in [2.24, 2.45) is 11.8 Å². The number of benzene rings is 1. The first-order valence-electron chi connectivity index (χ1n) is 8.25. The van der Waals surface area contributed by atoms with E-state index in [-0.39, 0.29) is 17.7 Å². The van der Waals surface area contributed by atoms with Gasteiger partial charge in [0.1, 0.15) is 0 Å². The van der Waals surface area contributed by atoms with Gasteiger partial charge in [-0.2, -0.15) is 0 Å². The van der Waals surface area contributed by atoms with Gasteiger partial charge in [-0.25, -0.2) is 0 Å². The molecule has 1 aliphatic rings. The van der Waals surface area contributed by atoms with Crippen molar-refractivity contribution in [3.05, 3.63) is 24.3 Å². The van der Waals surface area contributed by atoms with E-state index in [0.717, 1.165) is 11.4 Å². The van der Waals surface area contributed by atoms with Gasteiger partial charge in [0.15, 0.2) is 0 Å². The predicted octanol–water partition coefficient (Wildman–Crippen LogP) is 4.19. The van der Waals surface area contributed by atoms with E-state index < -0.39 is 0 Å². The Balaban J connectivity index is 1.82.